The van der Waals surface area contributed by atoms with Crippen molar-refractivity contribution in [2.24, 2.45) is 0 Å². The molecular formula is C23H27N3O5. The summed E-state index contributed by atoms with van der Waals surface area (Å²) in [5.41, 5.74) is 7.66. The molecule has 0 aliphatic heterocycles. The standard InChI is InChI=1S/C23H27N3O5/c1-3-16-11-8-12-17(4-2)22(16)24-20(28)15-31-21(29)14-13-19(27)25-26-23(30)18-9-6-5-7-10-18/h5-12H,3-4,13-15H2,1-2H3,(H,24,28)(H,25,27)(H,26,30). The fourth-order valence-corrected chi connectivity index (χ4v) is 2.86. The zero-order valence-electron chi connectivity index (χ0n) is 17.7. The maximum atomic E-state index is 12.2. The highest BCUT2D eigenvalue weighted by Crippen LogP contribution is 2.22. The molecule has 31 heavy (non-hydrogen) atoms. The fourth-order valence-electron chi connectivity index (χ4n) is 2.86. The molecule has 0 saturated carbocycles. The van der Waals surface area contributed by atoms with Crippen LogP contribution in [0.5, 0.6) is 0 Å². The molecule has 3 amide bonds. The molecule has 0 atom stereocenters. The summed E-state index contributed by atoms with van der Waals surface area (Å²) in [6.07, 6.45) is 1.12. The minimum absolute atomic E-state index is 0.186. The van der Waals surface area contributed by atoms with E-state index in [0.717, 1.165) is 29.7 Å². The van der Waals surface area contributed by atoms with Crippen molar-refractivity contribution >= 4 is 29.4 Å². The molecule has 2 aromatic rings. The van der Waals surface area contributed by atoms with Gasteiger partial charge in [-0.25, -0.2) is 0 Å². The van der Waals surface area contributed by atoms with Gasteiger partial charge >= 0.3 is 5.97 Å². The summed E-state index contributed by atoms with van der Waals surface area (Å²) in [6, 6.07) is 14.2. The highest BCUT2D eigenvalue weighted by atomic mass is 16.5. The predicted octanol–water partition coefficient (Wildman–Crippen LogP) is 2.53. The summed E-state index contributed by atoms with van der Waals surface area (Å²) in [5, 5.41) is 2.81. The first-order chi connectivity index (χ1) is 14.9. The van der Waals surface area contributed by atoms with Crippen LogP contribution < -0.4 is 16.2 Å². The van der Waals surface area contributed by atoms with Gasteiger partial charge in [0.25, 0.3) is 11.8 Å². The SMILES string of the molecule is CCc1cccc(CC)c1NC(=O)COC(=O)CCC(=O)NNC(=O)c1ccccc1. The molecule has 0 spiro atoms. The first kappa shape index (κ1) is 23.6. The first-order valence-electron chi connectivity index (χ1n) is 10.1. The molecule has 164 valence electrons. The molecule has 3 N–H and O–H groups in total. The lowest BCUT2D eigenvalue weighted by atomic mass is 10.0. The molecule has 0 unspecified atom stereocenters. The van der Waals surface area contributed by atoms with Gasteiger partial charge in [0.1, 0.15) is 0 Å². The monoisotopic (exact) mass is 425 g/mol. The smallest absolute Gasteiger partial charge is 0.306 e. The average Bonchev–Trinajstić information content (AvgIpc) is 2.80. The number of nitrogens with one attached hydrogen (secondary N) is 3. The van der Waals surface area contributed by atoms with Crippen molar-refractivity contribution in [3.63, 3.8) is 0 Å². The summed E-state index contributed by atoms with van der Waals surface area (Å²) < 4.78 is 4.95. The van der Waals surface area contributed by atoms with Gasteiger partial charge in [-0.15, -0.1) is 0 Å². The number of ether oxygens (including phenoxy) is 1. The second-order valence-electron chi connectivity index (χ2n) is 6.74. The normalized spacial score (nSPS) is 10.1. The number of esters is 1. The molecule has 0 aliphatic carbocycles. The Bertz CT molecular complexity index is 906. The molecule has 0 bridgehead atoms. The van der Waals surface area contributed by atoms with Gasteiger partial charge in [-0.3, -0.25) is 30.0 Å². The second kappa shape index (κ2) is 12.1. The number of carbonyl (C=O) groups excluding carboxylic acids is 4. The maximum absolute atomic E-state index is 12.2. The van der Waals surface area contributed by atoms with Gasteiger partial charge < -0.3 is 10.1 Å². The van der Waals surface area contributed by atoms with Gasteiger partial charge in [0.05, 0.1) is 6.42 Å². The van der Waals surface area contributed by atoms with E-state index in [1.54, 1.807) is 30.3 Å². The van der Waals surface area contributed by atoms with Crippen LogP contribution in [0.3, 0.4) is 0 Å². The van der Waals surface area contributed by atoms with Gasteiger partial charge in [-0.2, -0.15) is 0 Å². The average molecular weight is 425 g/mol. The van der Waals surface area contributed by atoms with Crippen LogP contribution in [0.4, 0.5) is 5.69 Å². The highest BCUT2D eigenvalue weighted by molar-refractivity contribution is 5.96. The van der Waals surface area contributed by atoms with Crippen LogP contribution >= 0.6 is 0 Å². The number of rotatable bonds is 9. The van der Waals surface area contributed by atoms with Crippen molar-refractivity contribution in [1.29, 1.82) is 0 Å². The van der Waals surface area contributed by atoms with Crippen LogP contribution in [0.1, 0.15) is 48.2 Å². The minimum atomic E-state index is -0.681. The number of carbonyl (C=O) groups is 4. The number of para-hydroxylation sites is 1. The van der Waals surface area contributed by atoms with Gasteiger partial charge in [0.15, 0.2) is 6.61 Å². The topological polar surface area (TPSA) is 114 Å². The summed E-state index contributed by atoms with van der Waals surface area (Å²) in [7, 11) is 0. The van der Waals surface area contributed by atoms with Crippen molar-refractivity contribution in [1.82, 2.24) is 10.9 Å². The zero-order valence-corrected chi connectivity index (χ0v) is 17.7. The second-order valence-corrected chi connectivity index (χ2v) is 6.74. The number of hydrogen-bond donors (Lipinski definition) is 3. The van der Waals surface area contributed by atoms with Crippen LogP contribution in [0, 0.1) is 0 Å². The van der Waals surface area contributed by atoms with Crippen LogP contribution in [0.15, 0.2) is 48.5 Å². The van der Waals surface area contributed by atoms with E-state index in [1.807, 2.05) is 32.0 Å². The Kier molecular flexibility index (Phi) is 9.22. The maximum Gasteiger partial charge on any atom is 0.306 e. The third-order valence-electron chi connectivity index (χ3n) is 4.54. The van der Waals surface area contributed by atoms with Crippen molar-refractivity contribution in [3.05, 3.63) is 65.2 Å². The van der Waals surface area contributed by atoms with E-state index in [0.29, 0.717) is 5.56 Å². The van der Waals surface area contributed by atoms with Gasteiger partial charge in [-0.05, 0) is 36.1 Å². The number of amides is 3. The molecule has 0 aliphatic rings. The lowest BCUT2D eigenvalue weighted by Crippen LogP contribution is -2.41. The third kappa shape index (κ3) is 7.58. The summed E-state index contributed by atoms with van der Waals surface area (Å²) >= 11 is 0. The van der Waals surface area contributed by atoms with Gasteiger partial charge in [-0.1, -0.05) is 50.2 Å². The minimum Gasteiger partial charge on any atom is -0.456 e. The number of aryl methyl sites for hydroxylation is 2. The lowest BCUT2D eigenvalue weighted by molar-refractivity contribution is -0.148. The Balaban J connectivity index is 1.71. The number of anilines is 1. The molecule has 8 nitrogen and oxygen atoms in total. The van der Waals surface area contributed by atoms with Gasteiger partial charge in [0.2, 0.25) is 5.91 Å². The van der Waals surface area contributed by atoms with Crippen molar-refractivity contribution < 1.29 is 23.9 Å². The Morgan fingerprint density at radius 1 is 0.774 bits per heavy atom. The van der Waals surface area contributed by atoms with E-state index in [2.05, 4.69) is 16.2 Å². The fraction of sp³-hybridized carbons (Fsp3) is 0.304. The van der Waals surface area contributed by atoms with Gasteiger partial charge in [0, 0.05) is 17.7 Å². The molecule has 2 rings (SSSR count). The van der Waals surface area contributed by atoms with Crippen molar-refractivity contribution in [2.45, 2.75) is 39.5 Å². The van der Waals surface area contributed by atoms with Crippen LogP contribution in [0.2, 0.25) is 0 Å². The van der Waals surface area contributed by atoms with E-state index in [1.165, 1.54) is 0 Å². The lowest BCUT2D eigenvalue weighted by Gasteiger charge is -2.14. The quantitative estimate of drug-likeness (QED) is 0.422. The first-order valence-corrected chi connectivity index (χ1v) is 10.1. The molecule has 0 heterocycles. The largest absolute Gasteiger partial charge is 0.456 e. The van der Waals surface area contributed by atoms with E-state index >= 15 is 0 Å². The molecule has 2 aromatic carbocycles. The summed E-state index contributed by atoms with van der Waals surface area (Å²) in [6.45, 7) is 3.56. The van der Waals surface area contributed by atoms with Crippen LogP contribution in [-0.2, 0) is 32.0 Å². The highest BCUT2D eigenvalue weighted by Gasteiger charge is 2.14. The Morgan fingerprint density at radius 3 is 2.03 bits per heavy atom. The predicted molar refractivity (Wildman–Crippen MR) is 116 cm³/mol. The van der Waals surface area contributed by atoms with Crippen LogP contribution in [0.25, 0.3) is 0 Å². The summed E-state index contributed by atoms with van der Waals surface area (Å²) in [5.74, 6) is -2.13. The van der Waals surface area contributed by atoms with Crippen molar-refractivity contribution in [3.8, 4) is 0 Å². The third-order valence-corrected chi connectivity index (χ3v) is 4.54. The summed E-state index contributed by atoms with van der Waals surface area (Å²) in [4.78, 5) is 47.7. The van der Waals surface area contributed by atoms with Crippen molar-refractivity contribution in [2.75, 3.05) is 11.9 Å². The number of hydrogen-bond acceptors (Lipinski definition) is 5. The molecule has 0 saturated heterocycles. The van der Waals surface area contributed by atoms with Crippen LogP contribution in [-0.4, -0.2) is 30.3 Å². The molecular weight excluding hydrogens is 398 g/mol. The molecule has 0 aromatic heterocycles. The number of benzene rings is 2. The zero-order chi connectivity index (χ0) is 22.6. The Morgan fingerprint density at radius 2 is 1.42 bits per heavy atom. The van der Waals surface area contributed by atoms with E-state index in [-0.39, 0.29) is 12.8 Å². The Hall–Kier alpha value is -3.68. The molecule has 8 heteroatoms. The number of hydrazine groups is 1. The van der Waals surface area contributed by atoms with E-state index in [9.17, 15) is 19.2 Å². The van der Waals surface area contributed by atoms with E-state index in [4.69, 9.17) is 4.74 Å². The molecule has 0 radical (unpaired) electrons. The van der Waals surface area contributed by atoms with E-state index < -0.39 is 30.3 Å². The Labute approximate surface area is 181 Å². The molecule has 0 fully saturated rings.